The molecule has 0 spiro atoms. The van der Waals surface area contributed by atoms with Crippen molar-refractivity contribution in [1.29, 1.82) is 0 Å². The number of hydrogen-bond donors (Lipinski definition) is 2. The summed E-state index contributed by atoms with van der Waals surface area (Å²) in [7, 11) is 0. The maximum absolute atomic E-state index is 11.2. The topological polar surface area (TPSA) is 66.4 Å². The van der Waals surface area contributed by atoms with E-state index < -0.39 is 6.61 Å². The Morgan fingerprint density at radius 3 is 2.73 bits per heavy atom. The zero-order valence-electron chi connectivity index (χ0n) is 8.49. The molecule has 4 heteroatoms. The van der Waals surface area contributed by atoms with Crippen molar-refractivity contribution in [2.24, 2.45) is 0 Å². The highest BCUT2D eigenvalue weighted by atomic mass is 16.3. The first kappa shape index (κ1) is 11.4. The van der Waals surface area contributed by atoms with Crippen molar-refractivity contribution < 1.29 is 14.7 Å². The van der Waals surface area contributed by atoms with Gasteiger partial charge in [-0.25, -0.2) is 0 Å². The Bertz CT molecular complexity index is 374. The van der Waals surface area contributed by atoms with Crippen molar-refractivity contribution in [3.63, 3.8) is 0 Å². The molecular formula is C11H13NO3. The fourth-order valence-electron chi connectivity index (χ4n) is 1.11. The van der Waals surface area contributed by atoms with E-state index in [1.54, 1.807) is 31.2 Å². The van der Waals surface area contributed by atoms with Crippen molar-refractivity contribution in [2.75, 3.05) is 11.9 Å². The molecule has 0 unspecified atom stereocenters. The van der Waals surface area contributed by atoms with Gasteiger partial charge in [0.05, 0.1) is 0 Å². The third-order valence-corrected chi connectivity index (χ3v) is 1.93. The fourth-order valence-corrected chi connectivity index (χ4v) is 1.11. The zero-order chi connectivity index (χ0) is 11.3. The summed E-state index contributed by atoms with van der Waals surface area (Å²) in [6.07, 6.45) is 0.387. The summed E-state index contributed by atoms with van der Waals surface area (Å²) >= 11 is 0. The van der Waals surface area contributed by atoms with Gasteiger partial charge in [0, 0.05) is 17.7 Å². The Hall–Kier alpha value is -1.68. The van der Waals surface area contributed by atoms with Gasteiger partial charge in [-0.3, -0.25) is 9.59 Å². The molecule has 1 rings (SSSR count). The quantitative estimate of drug-likeness (QED) is 0.729. The highest BCUT2D eigenvalue weighted by molar-refractivity contribution is 5.99. The predicted molar refractivity (Wildman–Crippen MR) is 56.8 cm³/mol. The van der Waals surface area contributed by atoms with Gasteiger partial charge in [0.1, 0.15) is 6.61 Å². The molecule has 0 bridgehead atoms. The largest absolute Gasteiger partial charge is 0.388 e. The highest BCUT2D eigenvalue weighted by Gasteiger charge is 2.05. The second kappa shape index (κ2) is 5.26. The van der Waals surface area contributed by atoms with Crippen LogP contribution in [0.1, 0.15) is 23.7 Å². The Morgan fingerprint density at radius 2 is 2.13 bits per heavy atom. The molecule has 0 aliphatic carbocycles. The van der Waals surface area contributed by atoms with Crippen molar-refractivity contribution >= 4 is 17.4 Å². The molecule has 1 amide bonds. The minimum Gasteiger partial charge on any atom is -0.388 e. The van der Waals surface area contributed by atoms with E-state index in [-0.39, 0.29) is 11.7 Å². The van der Waals surface area contributed by atoms with E-state index in [0.29, 0.717) is 17.7 Å². The minimum atomic E-state index is -0.523. The summed E-state index contributed by atoms with van der Waals surface area (Å²) in [4.78, 5) is 22.2. The van der Waals surface area contributed by atoms with Crippen molar-refractivity contribution in [2.45, 2.75) is 13.3 Å². The van der Waals surface area contributed by atoms with Crippen LogP contribution in [0.25, 0.3) is 0 Å². The summed E-state index contributed by atoms with van der Waals surface area (Å²) in [5.74, 6) is -0.466. The van der Waals surface area contributed by atoms with E-state index in [2.05, 4.69) is 5.32 Å². The number of benzene rings is 1. The van der Waals surface area contributed by atoms with Gasteiger partial charge in [0.2, 0.25) is 5.91 Å². The summed E-state index contributed by atoms with van der Waals surface area (Å²) in [5.41, 5.74) is 0.965. The van der Waals surface area contributed by atoms with E-state index in [1.165, 1.54) is 0 Å². The first-order chi connectivity index (χ1) is 7.17. The first-order valence-corrected chi connectivity index (χ1v) is 4.71. The number of carbonyl (C=O) groups is 2. The normalized spacial score (nSPS) is 9.73. The van der Waals surface area contributed by atoms with Crippen LogP contribution in [-0.2, 0) is 4.79 Å². The lowest BCUT2D eigenvalue weighted by molar-refractivity contribution is -0.115. The number of nitrogens with one attached hydrogen (secondary N) is 1. The number of hydrogen-bond acceptors (Lipinski definition) is 3. The average Bonchev–Trinajstić information content (AvgIpc) is 2.28. The summed E-state index contributed by atoms with van der Waals surface area (Å²) in [5, 5.41) is 11.3. The van der Waals surface area contributed by atoms with Crippen LogP contribution in [0.3, 0.4) is 0 Å². The van der Waals surface area contributed by atoms with E-state index >= 15 is 0 Å². The number of ketones is 1. The minimum absolute atomic E-state index is 0.108. The van der Waals surface area contributed by atoms with Crippen LogP contribution in [0, 0.1) is 0 Å². The van der Waals surface area contributed by atoms with Crippen LogP contribution in [0.4, 0.5) is 5.69 Å². The van der Waals surface area contributed by atoms with Gasteiger partial charge in [0.25, 0.3) is 0 Å². The van der Waals surface area contributed by atoms with Crippen LogP contribution < -0.4 is 5.32 Å². The molecule has 80 valence electrons. The molecular weight excluding hydrogens is 194 g/mol. The number of aliphatic hydroxyl groups is 1. The third kappa shape index (κ3) is 3.18. The van der Waals surface area contributed by atoms with Gasteiger partial charge >= 0.3 is 0 Å². The van der Waals surface area contributed by atoms with E-state index in [1.807, 2.05) is 0 Å². The molecule has 0 atom stereocenters. The molecule has 0 saturated heterocycles. The summed E-state index contributed by atoms with van der Waals surface area (Å²) in [6.45, 7) is 1.23. The van der Waals surface area contributed by atoms with Crippen molar-refractivity contribution in [3.8, 4) is 0 Å². The number of amides is 1. The maximum Gasteiger partial charge on any atom is 0.224 e. The van der Waals surface area contributed by atoms with Gasteiger partial charge in [0.15, 0.2) is 5.78 Å². The van der Waals surface area contributed by atoms with Gasteiger partial charge < -0.3 is 10.4 Å². The molecule has 0 aromatic heterocycles. The first-order valence-electron chi connectivity index (χ1n) is 4.71. The monoisotopic (exact) mass is 207 g/mol. The molecule has 0 saturated carbocycles. The molecule has 1 aromatic carbocycles. The lowest BCUT2D eigenvalue weighted by atomic mass is 10.1. The maximum atomic E-state index is 11.2. The number of Topliss-reactive ketones (excluding diaryl/α,β-unsaturated/α-hetero) is 1. The van der Waals surface area contributed by atoms with E-state index in [0.717, 1.165) is 0 Å². The molecule has 2 N–H and O–H groups in total. The van der Waals surface area contributed by atoms with Crippen LogP contribution in [0.15, 0.2) is 24.3 Å². The lowest BCUT2D eigenvalue weighted by Gasteiger charge is -2.04. The second-order valence-corrected chi connectivity index (χ2v) is 3.06. The molecule has 0 fully saturated rings. The standard InChI is InChI=1S/C11H13NO3/c1-2-11(15)12-9-5-3-4-8(6-9)10(14)7-13/h3-6,13H,2,7H2,1H3,(H,12,15). The van der Waals surface area contributed by atoms with Crippen LogP contribution in [0.5, 0.6) is 0 Å². The highest BCUT2D eigenvalue weighted by Crippen LogP contribution is 2.11. The van der Waals surface area contributed by atoms with E-state index in [9.17, 15) is 9.59 Å². The van der Waals surface area contributed by atoms with Gasteiger partial charge in [-0.05, 0) is 12.1 Å². The van der Waals surface area contributed by atoms with Crippen LogP contribution >= 0.6 is 0 Å². The Balaban J connectivity index is 2.83. The smallest absolute Gasteiger partial charge is 0.224 e. The average molecular weight is 207 g/mol. The van der Waals surface area contributed by atoms with Crippen LogP contribution in [0.2, 0.25) is 0 Å². The van der Waals surface area contributed by atoms with Crippen molar-refractivity contribution in [1.82, 2.24) is 0 Å². The van der Waals surface area contributed by atoms with Gasteiger partial charge in [-0.2, -0.15) is 0 Å². The molecule has 4 nitrogen and oxygen atoms in total. The number of aliphatic hydroxyl groups excluding tert-OH is 1. The lowest BCUT2D eigenvalue weighted by Crippen LogP contribution is -2.10. The Kier molecular flexibility index (Phi) is 4.00. The summed E-state index contributed by atoms with van der Waals surface area (Å²) in [6, 6.07) is 6.50. The van der Waals surface area contributed by atoms with Crippen molar-refractivity contribution in [3.05, 3.63) is 29.8 Å². The molecule has 15 heavy (non-hydrogen) atoms. The zero-order valence-corrected chi connectivity index (χ0v) is 8.49. The van der Waals surface area contributed by atoms with Gasteiger partial charge in [-0.15, -0.1) is 0 Å². The molecule has 0 radical (unpaired) electrons. The third-order valence-electron chi connectivity index (χ3n) is 1.93. The predicted octanol–water partition coefficient (Wildman–Crippen LogP) is 1.21. The Labute approximate surface area is 87.9 Å². The summed E-state index contributed by atoms with van der Waals surface area (Å²) < 4.78 is 0. The number of rotatable bonds is 4. The molecule has 0 heterocycles. The van der Waals surface area contributed by atoms with E-state index in [4.69, 9.17) is 5.11 Å². The Morgan fingerprint density at radius 1 is 1.40 bits per heavy atom. The molecule has 0 aliphatic rings. The number of anilines is 1. The second-order valence-electron chi connectivity index (χ2n) is 3.06. The van der Waals surface area contributed by atoms with Crippen LogP contribution in [-0.4, -0.2) is 23.4 Å². The molecule has 0 aliphatic heterocycles. The fraction of sp³-hybridized carbons (Fsp3) is 0.273. The SMILES string of the molecule is CCC(=O)Nc1cccc(C(=O)CO)c1. The van der Waals surface area contributed by atoms with Gasteiger partial charge in [-0.1, -0.05) is 19.1 Å². The molecule has 1 aromatic rings. The number of carbonyl (C=O) groups excluding carboxylic acids is 2.